The van der Waals surface area contributed by atoms with E-state index in [1.54, 1.807) is 31.2 Å². The number of carboxylic acids is 1. The molecule has 1 heterocycles. The molecule has 8 heteroatoms. The van der Waals surface area contributed by atoms with Gasteiger partial charge in [0, 0.05) is 9.87 Å². The van der Waals surface area contributed by atoms with Crippen molar-refractivity contribution in [3.05, 3.63) is 52.7 Å². The third kappa shape index (κ3) is 2.51. The first-order valence-corrected chi connectivity index (χ1v) is 8.99. The van der Waals surface area contributed by atoms with Crippen LogP contribution in [0, 0.1) is 0 Å². The fourth-order valence-corrected chi connectivity index (χ4v) is 4.21. The van der Waals surface area contributed by atoms with Crippen LogP contribution in [0.2, 0.25) is 0 Å². The highest BCUT2D eigenvalue weighted by atomic mass is 79.9. The number of allylic oxidation sites excluding steroid dienone is 3. The molecule has 1 aliphatic rings. The van der Waals surface area contributed by atoms with Gasteiger partial charge in [0.1, 0.15) is 4.75 Å². The lowest BCUT2D eigenvalue weighted by atomic mass is 10.0. The third-order valence-corrected chi connectivity index (χ3v) is 6.72. The monoisotopic (exact) mass is 396 g/mol. The minimum atomic E-state index is -3.85. The van der Waals surface area contributed by atoms with Crippen molar-refractivity contribution < 1.29 is 18.3 Å². The summed E-state index contributed by atoms with van der Waals surface area (Å²) >= 11 is 3.31. The highest BCUT2D eigenvalue weighted by Crippen LogP contribution is 2.33. The Morgan fingerprint density at radius 2 is 2.17 bits per heavy atom. The molecule has 1 aliphatic carbocycles. The van der Waals surface area contributed by atoms with Gasteiger partial charge in [-0.2, -0.15) is 9.19 Å². The van der Waals surface area contributed by atoms with Crippen molar-refractivity contribution >= 4 is 42.8 Å². The fourth-order valence-electron chi connectivity index (χ4n) is 2.40. The van der Waals surface area contributed by atoms with Gasteiger partial charge < -0.3 is 5.11 Å². The maximum absolute atomic E-state index is 13.0. The van der Waals surface area contributed by atoms with E-state index in [-0.39, 0.29) is 11.1 Å². The fraction of sp³-hybridized carbons (Fsp3) is 0.200. The van der Waals surface area contributed by atoms with E-state index in [0.717, 1.165) is 8.57 Å². The molecular weight excluding hydrogens is 384 g/mol. The number of nitrogens with zero attached hydrogens (tertiary/aromatic N) is 2. The predicted molar refractivity (Wildman–Crippen MR) is 90.2 cm³/mol. The number of aromatic carboxylic acids is 1. The Kier molecular flexibility index (Phi) is 3.68. The third-order valence-electron chi connectivity index (χ3n) is 3.90. The smallest absolute Gasteiger partial charge is 0.335 e. The van der Waals surface area contributed by atoms with Crippen molar-refractivity contribution in [1.82, 2.24) is 9.19 Å². The molecule has 3 rings (SSSR count). The molecule has 6 nitrogen and oxygen atoms in total. The molecule has 0 aliphatic heterocycles. The lowest BCUT2D eigenvalue weighted by Crippen LogP contribution is -2.38. The van der Waals surface area contributed by atoms with Gasteiger partial charge in [0.25, 0.3) is 10.0 Å². The molecule has 23 heavy (non-hydrogen) atoms. The van der Waals surface area contributed by atoms with Gasteiger partial charge >= 0.3 is 5.97 Å². The van der Waals surface area contributed by atoms with Crippen molar-refractivity contribution in [2.24, 2.45) is 0 Å². The van der Waals surface area contributed by atoms with E-state index in [1.807, 2.05) is 0 Å². The Bertz CT molecular complexity index is 975. The van der Waals surface area contributed by atoms with Crippen LogP contribution in [0.1, 0.15) is 23.7 Å². The van der Waals surface area contributed by atoms with Gasteiger partial charge in [0.2, 0.25) is 0 Å². The van der Waals surface area contributed by atoms with Crippen LogP contribution in [-0.4, -0.2) is 33.4 Å². The number of rotatable bonds is 3. The minimum absolute atomic E-state index is 0.0152. The summed E-state index contributed by atoms with van der Waals surface area (Å²) in [6, 6.07) is 4.29. The van der Waals surface area contributed by atoms with Crippen LogP contribution in [0.4, 0.5) is 0 Å². The van der Waals surface area contributed by atoms with Crippen molar-refractivity contribution in [3.63, 3.8) is 0 Å². The largest absolute Gasteiger partial charge is 0.478 e. The lowest BCUT2D eigenvalue weighted by molar-refractivity contribution is 0.0697. The van der Waals surface area contributed by atoms with Crippen LogP contribution in [0.25, 0.3) is 10.9 Å². The summed E-state index contributed by atoms with van der Waals surface area (Å²) in [6.07, 6.45) is 6.80. The molecule has 1 aromatic heterocycles. The number of benzene rings is 1. The normalized spacial score (nSPS) is 21.4. The van der Waals surface area contributed by atoms with E-state index >= 15 is 0 Å². The molecule has 0 spiro atoms. The maximum atomic E-state index is 13.0. The predicted octanol–water partition coefficient (Wildman–Crippen LogP) is 2.91. The summed E-state index contributed by atoms with van der Waals surface area (Å²) in [4.78, 5) is 11.1. The molecule has 0 saturated carbocycles. The van der Waals surface area contributed by atoms with Crippen molar-refractivity contribution in [3.8, 4) is 0 Å². The summed E-state index contributed by atoms with van der Waals surface area (Å²) in [6.45, 7) is 1.61. The molecule has 0 bridgehead atoms. The first-order valence-electron chi connectivity index (χ1n) is 6.76. The average molecular weight is 397 g/mol. The standard InChI is InChI=1S/C15H13BrN2O4S/c1-15(6-4-12(16)5-7-15)23(21,22)18-13-8-10(14(19)20)2-3-11(13)9-17-18/h2-6,8-9H,7H2,1H3,(H,19,20). The Morgan fingerprint density at radius 1 is 1.43 bits per heavy atom. The highest BCUT2D eigenvalue weighted by molar-refractivity contribution is 9.11. The van der Waals surface area contributed by atoms with Crippen LogP contribution < -0.4 is 0 Å². The molecule has 0 saturated heterocycles. The summed E-state index contributed by atoms with van der Waals surface area (Å²) < 4.78 is 26.7. The minimum Gasteiger partial charge on any atom is -0.478 e. The van der Waals surface area contributed by atoms with Gasteiger partial charge in [-0.05, 0) is 25.5 Å². The van der Waals surface area contributed by atoms with Gasteiger partial charge in [0.05, 0.1) is 17.3 Å². The Hall–Kier alpha value is -1.93. The Balaban J connectivity index is 2.18. The first kappa shape index (κ1) is 15.9. The van der Waals surface area contributed by atoms with E-state index in [2.05, 4.69) is 21.0 Å². The Labute approximate surface area is 141 Å². The van der Waals surface area contributed by atoms with E-state index in [4.69, 9.17) is 5.11 Å². The number of aromatic nitrogens is 2. The van der Waals surface area contributed by atoms with Gasteiger partial charge in [0.15, 0.2) is 0 Å². The molecule has 2 aromatic rings. The van der Waals surface area contributed by atoms with Gasteiger partial charge in [-0.15, -0.1) is 0 Å². The van der Waals surface area contributed by atoms with Crippen LogP contribution in [0.15, 0.2) is 47.1 Å². The zero-order valence-corrected chi connectivity index (χ0v) is 14.5. The number of carbonyl (C=O) groups is 1. The molecule has 0 fully saturated rings. The number of hydrogen-bond acceptors (Lipinski definition) is 4. The number of carboxylic acid groups (broad SMARTS) is 1. The van der Waals surface area contributed by atoms with Crippen molar-refractivity contribution in [1.29, 1.82) is 0 Å². The second-order valence-electron chi connectivity index (χ2n) is 5.51. The van der Waals surface area contributed by atoms with Crippen molar-refractivity contribution in [2.45, 2.75) is 18.1 Å². The summed E-state index contributed by atoms with van der Waals surface area (Å²) in [5.74, 6) is -1.12. The molecule has 1 N–H and O–H groups in total. The topological polar surface area (TPSA) is 89.3 Å². The highest BCUT2D eigenvalue weighted by Gasteiger charge is 2.40. The van der Waals surface area contributed by atoms with E-state index in [1.165, 1.54) is 18.3 Å². The molecule has 0 radical (unpaired) electrons. The zero-order chi connectivity index (χ0) is 16.8. The molecule has 1 aromatic carbocycles. The quantitative estimate of drug-likeness (QED) is 0.861. The maximum Gasteiger partial charge on any atom is 0.335 e. The van der Waals surface area contributed by atoms with Gasteiger partial charge in [-0.25, -0.2) is 13.2 Å². The average Bonchev–Trinajstić information content (AvgIpc) is 2.93. The van der Waals surface area contributed by atoms with Crippen molar-refractivity contribution in [2.75, 3.05) is 0 Å². The zero-order valence-electron chi connectivity index (χ0n) is 12.1. The molecule has 120 valence electrons. The van der Waals surface area contributed by atoms with Crippen LogP contribution >= 0.6 is 15.9 Å². The summed E-state index contributed by atoms with van der Waals surface area (Å²) in [5, 5.41) is 13.6. The lowest BCUT2D eigenvalue weighted by Gasteiger charge is -2.27. The SMILES string of the molecule is CC1(S(=O)(=O)n2ncc3ccc(C(=O)O)cc32)C=CC(Br)=CC1. The van der Waals surface area contributed by atoms with Crippen LogP contribution in [-0.2, 0) is 10.0 Å². The number of halogens is 1. The van der Waals surface area contributed by atoms with E-state index in [9.17, 15) is 13.2 Å². The second kappa shape index (κ2) is 5.31. The van der Waals surface area contributed by atoms with Gasteiger partial charge in [-0.1, -0.05) is 40.2 Å². The molecule has 0 amide bonds. The number of fused-ring (bicyclic) bond motifs is 1. The molecule has 1 atom stereocenters. The summed E-state index contributed by atoms with van der Waals surface area (Å²) in [7, 11) is -3.85. The first-order chi connectivity index (χ1) is 10.7. The van der Waals surface area contributed by atoms with Crippen LogP contribution in [0.5, 0.6) is 0 Å². The van der Waals surface area contributed by atoms with E-state index < -0.39 is 20.7 Å². The molecule has 1 unspecified atom stereocenters. The Morgan fingerprint density at radius 3 is 2.78 bits per heavy atom. The summed E-state index contributed by atoms with van der Waals surface area (Å²) in [5.41, 5.74) is 0.273. The van der Waals surface area contributed by atoms with E-state index in [0.29, 0.717) is 11.8 Å². The van der Waals surface area contributed by atoms with Crippen LogP contribution in [0.3, 0.4) is 0 Å². The van der Waals surface area contributed by atoms with Gasteiger partial charge in [-0.3, -0.25) is 0 Å². The second-order valence-corrected chi connectivity index (χ2v) is 8.65. The molecular formula is C15H13BrN2O4S. The number of hydrogen-bond donors (Lipinski definition) is 1.